The lowest BCUT2D eigenvalue weighted by Crippen LogP contribution is -2.22. The van der Waals surface area contributed by atoms with Crippen LogP contribution in [-0.2, 0) is 9.53 Å². The molecule has 1 N–H and O–H groups in total. The molecule has 20 heavy (non-hydrogen) atoms. The molecule has 2 rings (SSSR count). The Kier molecular flexibility index (Phi) is 4.52. The molecule has 0 aliphatic rings. The van der Waals surface area contributed by atoms with Crippen LogP contribution < -0.4 is 5.32 Å². The van der Waals surface area contributed by atoms with Crippen LogP contribution in [0.15, 0.2) is 29.8 Å². The summed E-state index contributed by atoms with van der Waals surface area (Å²) in [7, 11) is 0. The Balaban J connectivity index is 1.87. The molecule has 106 valence electrons. The molecule has 0 aliphatic heterocycles. The zero-order chi connectivity index (χ0) is 14.5. The Hall–Kier alpha value is -2.15. The average Bonchev–Trinajstić information content (AvgIpc) is 3.06. The minimum absolute atomic E-state index is 0.133. The largest absolute Gasteiger partial charge is 0.451 e. The van der Waals surface area contributed by atoms with Crippen LogP contribution in [0.1, 0.15) is 29.6 Å². The Labute approximate surface area is 120 Å². The van der Waals surface area contributed by atoms with E-state index in [9.17, 15) is 9.59 Å². The molecule has 0 spiro atoms. The van der Waals surface area contributed by atoms with E-state index in [1.165, 1.54) is 11.3 Å². The number of anilines is 1. The second-order valence-corrected chi connectivity index (χ2v) is 5.30. The van der Waals surface area contributed by atoms with Gasteiger partial charge in [0, 0.05) is 12.1 Å². The van der Waals surface area contributed by atoms with Gasteiger partial charge in [0.15, 0.2) is 6.61 Å². The molecular weight excluding hydrogens is 278 g/mol. The van der Waals surface area contributed by atoms with E-state index in [1.807, 2.05) is 13.8 Å². The number of aromatic nitrogens is 2. The number of thiophene rings is 1. The number of nitrogens with one attached hydrogen (secondary N) is 1. The smallest absolute Gasteiger partial charge is 0.348 e. The Morgan fingerprint density at radius 1 is 1.45 bits per heavy atom. The van der Waals surface area contributed by atoms with Crippen LogP contribution in [0.4, 0.5) is 5.82 Å². The van der Waals surface area contributed by atoms with E-state index in [-0.39, 0.29) is 12.6 Å². The third-order valence-electron chi connectivity index (χ3n) is 2.48. The number of ether oxygens (including phenoxy) is 1. The summed E-state index contributed by atoms with van der Waals surface area (Å²) in [5.74, 6) is -0.304. The molecule has 0 fully saturated rings. The zero-order valence-corrected chi connectivity index (χ0v) is 12.0. The fraction of sp³-hybridized carbons (Fsp3) is 0.308. The molecule has 0 bridgehead atoms. The van der Waals surface area contributed by atoms with E-state index in [0.717, 1.165) is 0 Å². The molecule has 2 aromatic heterocycles. The van der Waals surface area contributed by atoms with Crippen molar-refractivity contribution in [3.8, 4) is 0 Å². The van der Waals surface area contributed by atoms with E-state index in [1.54, 1.807) is 34.5 Å². The Morgan fingerprint density at radius 3 is 2.90 bits per heavy atom. The number of hydrogen-bond donors (Lipinski definition) is 1. The van der Waals surface area contributed by atoms with Crippen LogP contribution in [0.25, 0.3) is 0 Å². The fourth-order valence-corrected chi connectivity index (χ4v) is 2.22. The monoisotopic (exact) mass is 293 g/mol. The number of amides is 1. The first-order valence-corrected chi connectivity index (χ1v) is 7.00. The summed E-state index contributed by atoms with van der Waals surface area (Å²) in [6.45, 7) is 3.60. The predicted molar refractivity (Wildman–Crippen MR) is 75.8 cm³/mol. The summed E-state index contributed by atoms with van der Waals surface area (Å²) < 4.78 is 6.61. The van der Waals surface area contributed by atoms with Gasteiger partial charge >= 0.3 is 5.97 Å². The number of hydrogen-bond acceptors (Lipinski definition) is 5. The summed E-state index contributed by atoms with van der Waals surface area (Å²) in [6.07, 6.45) is 1.60. The molecule has 2 heterocycles. The van der Waals surface area contributed by atoms with E-state index >= 15 is 0 Å². The maximum absolute atomic E-state index is 11.7. The Bertz CT molecular complexity index is 590. The topological polar surface area (TPSA) is 73.2 Å². The first-order valence-electron chi connectivity index (χ1n) is 6.12. The number of carbonyl (C=O) groups is 2. The molecular formula is C13H15N3O3S. The summed E-state index contributed by atoms with van der Waals surface area (Å²) in [4.78, 5) is 23.8. The van der Waals surface area contributed by atoms with Crippen LogP contribution in [-0.4, -0.2) is 28.3 Å². The van der Waals surface area contributed by atoms with Gasteiger partial charge in [-0.3, -0.25) is 4.79 Å². The summed E-state index contributed by atoms with van der Waals surface area (Å²) in [5.41, 5.74) is 0. The highest BCUT2D eigenvalue weighted by atomic mass is 32.1. The Morgan fingerprint density at radius 2 is 2.25 bits per heavy atom. The molecule has 0 unspecified atom stereocenters. The van der Waals surface area contributed by atoms with Crippen LogP contribution in [0.5, 0.6) is 0 Å². The third kappa shape index (κ3) is 3.45. The normalized spacial score (nSPS) is 10.6. The van der Waals surface area contributed by atoms with Crippen LogP contribution >= 0.6 is 11.3 Å². The average molecular weight is 293 g/mol. The van der Waals surface area contributed by atoms with Crippen molar-refractivity contribution in [1.82, 2.24) is 9.78 Å². The van der Waals surface area contributed by atoms with Crippen LogP contribution in [0, 0.1) is 0 Å². The highest BCUT2D eigenvalue weighted by Crippen LogP contribution is 2.13. The van der Waals surface area contributed by atoms with E-state index < -0.39 is 11.9 Å². The van der Waals surface area contributed by atoms with Gasteiger partial charge in [-0.1, -0.05) is 6.07 Å². The molecule has 0 aliphatic carbocycles. The lowest BCUT2D eigenvalue weighted by Gasteiger charge is -2.11. The van der Waals surface area contributed by atoms with Gasteiger partial charge in [0.05, 0.1) is 6.20 Å². The van der Waals surface area contributed by atoms with Gasteiger partial charge in [-0.15, -0.1) is 11.3 Å². The van der Waals surface area contributed by atoms with Crippen molar-refractivity contribution < 1.29 is 14.3 Å². The maximum Gasteiger partial charge on any atom is 0.348 e. The van der Waals surface area contributed by atoms with Gasteiger partial charge in [-0.25, -0.2) is 9.48 Å². The number of nitrogens with zero attached hydrogens (tertiary/aromatic N) is 2. The van der Waals surface area contributed by atoms with Crippen molar-refractivity contribution in [2.24, 2.45) is 0 Å². The second-order valence-electron chi connectivity index (χ2n) is 4.36. The highest BCUT2D eigenvalue weighted by Gasteiger charge is 2.13. The van der Waals surface area contributed by atoms with Crippen LogP contribution in [0.2, 0.25) is 0 Å². The lowest BCUT2D eigenvalue weighted by atomic mass is 10.4. The first kappa shape index (κ1) is 14.3. The van der Waals surface area contributed by atoms with Gasteiger partial charge in [-0.2, -0.15) is 5.10 Å². The standard InChI is InChI=1S/C13H15N3O3S/c1-9(2)16-11(5-6-14-16)15-12(17)8-19-13(18)10-4-3-7-20-10/h3-7,9H,8H2,1-2H3,(H,15,17). The van der Waals surface area contributed by atoms with Gasteiger partial charge in [0.25, 0.3) is 5.91 Å². The van der Waals surface area contributed by atoms with Crippen molar-refractivity contribution in [2.75, 3.05) is 11.9 Å². The van der Waals surface area contributed by atoms with Gasteiger partial charge in [0.2, 0.25) is 0 Å². The van der Waals surface area contributed by atoms with Gasteiger partial charge in [0.1, 0.15) is 10.7 Å². The SMILES string of the molecule is CC(C)n1nccc1NC(=O)COC(=O)c1cccs1. The lowest BCUT2D eigenvalue weighted by molar-refractivity contribution is -0.119. The fourth-order valence-electron chi connectivity index (χ4n) is 1.60. The summed E-state index contributed by atoms with van der Waals surface area (Å²) in [6, 6.07) is 5.23. The highest BCUT2D eigenvalue weighted by molar-refractivity contribution is 7.11. The zero-order valence-electron chi connectivity index (χ0n) is 11.2. The predicted octanol–water partition coefficient (Wildman–Crippen LogP) is 2.32. The number of carbonyl (C=O) groups excluding carboxylic acids is 2. The third-order valence-corrected chi connectivity index (χ3v) is 3.33. The maximum atomic E-state index is 11.7. The molecule has 6 nitrogen and oxygen atoms in total. The van der Waals surface area contributed by atoms with Gasteiger partial charge < -0.3 is 10.1 Å². The quantitative estimate of drug-likeness (QED) is 0.859. The van der Waals surface area contributed by atoms with Crippen molar-refractivity contribution >= 4 is 29.0 Å². The van der Waals surface area contributed by atoms with E-state index in [0.29, 0.717) is 10.7 Å². The minimum atomic E-state index is -0.493. The summed E-state index contributed by atoms with van der Waals surface area (Å²) in [5, 5.41) is 8.54. The molecule has 0 aromatic carbocycles. The van der Waals surface area contributed by atoms with Crippen molar-refractivity contribution in [3.63, 3.8) is 0 Å². The van der Waals surface area contributed by atoms with Crippen LogP contribution in [0.3, 0.4) is 0 Å². The molecule has 0 saturated heterocycles. The van der Waals surface area contributed by atoms with E-state index in [4.69, 9.17) is 4.74 Å². The molecule has 1 amide bonds. The molecule has 2 aromatic rings. The first-order chi connectivity index (χ1) is 9.58. The van der Waals surface area contributed by atoms with E-state index in [2.05, 4.69) is 10.4 Å². The molecule has 0 atom stereocenters. The molecule has 0 saturated carbocycles. The van der Waals surface area contributed by atoms with Crippen molar-refractivity contribution in [3.05, 3.63) is 34.7 Å². The van der Waals surface area contributed by atoms with Crippen molar-refractivity contribution in [2.45, 2.75) is 19.9 Å². The molecule has 0 radical (unpaired) electrons. The minimum Gasteiger partial charge on any atom is -0.451 e. The number of esters is 1. The molecule has 7 heteroatoms. The van der Waals surface area contributed by atoms with Crippen molar-refractivity contribution in [1.29, 1.82) is 0 Å². The number of rotatable bonds is 5. The second kappa shape index (κ2) is 6.33. The van der Waals surface area contributed by atoms with Gasteiger partial charge in [-0.05, 0) is 25.3 Å². The summed E-state index contributed by atoms with van der Waals surface area (Å²) >= 11 is 1.27.